The van der Waals surface area contributed by atoms with Gasteiger partial charge in [-0.15, -0.1) is 0 Å². The monoisotopic (exact) mass is 369 g/mol. The Bertz CT molecular complexity index is 836. The Morgan fingerprint density at radius 1 is 1.26 bits per heavy atom. The van der Waals surface area contributed by atoms with Gasteiger partial charge in [0.05, 0.1) is 0 Å². The smallest absolute Gasteiger partial charge is 0.341 e. The molecule has 4 N–H and O–H groups in total. The average Bonchev–Trinajstić information content (AvgIpc) is 3.08. The van der Waals surface area contributed by atoms with Crippen LogP contribution >= 0.6 is 0 Å². The first-order valence-electron chi connectivity index (χ1n) is 8.79. The second-order valence-corrected chi connectivity index (χ2v) is 6.65. The van der Waals surface area contributed by atoms with Crippen LogP contribution in [0.3, 0.4) is 0 Å². The van der Waals surface area contributed by atoms with Gasteiger partial charge in [-0.3, -0.25) is 4.79 Å². The number of hydrogen-bond acceptors (Lipinski definition) is 5. The van der Waals surface area contributed by atoms with E-state index >= 15 is 0 Å². The summed E-state index contributed by atoms with van der Waals surface area (Å²) in [6.07, 6.45) is 0.980. The second kappa shape index (κ2) is 8.09. The van der Waals surface area contributed by atoms with Gasteiger partial charge in [0.15, 0.2) is 6.61 Å². The molecule has 1 aliphatic rings. The van der Waals surface area contributed by atoms with Crippen molar-refractivity contribution in [2.24, 2.45) is 5.73 Å². The Labute approximate surface area is 157 Å². The minimum Gasteiger partial charge on any atom is -0.482 e. The van der Waals surface area contributed by atoms with E-state index in [1.807, 2.05) is 19.1 Å². The van der Waals surface area contributed by atoms with Crippen molar-refractivity contribution in [2.75, 3.05) is 29.9 Å². The van der Waals surface area contributed by atoms with Crippen LogP contribution in [0.1, 0.15) is 22.3 Å². The van der Waals surface area contributed by atoms with Crippen molar-refractivity contribution < 1.29 is 19.4 Å². The highest BCUT2D eigenvalue weighted by molar-refractivity contribution is 6.04. The predicted molar refractivity (Wildman–Crippen MR) is 104 cm³/mol. The van der Waals surface area contributed by atoms with Crippen LogP contribution in [0, 0.1) is 6.92 Å². The third-order valence-corrected chi connectivity index (χ3v) is 4.53. The molecule has 1 aliphatic heterocycles. The van der Waals surface area contributed by atoms with Gasteiger partial charge in [0.2, 0.25) is 0 Å². The van der Waals surface area contributed by atoms with E-state index in [0.29, 0.717) is 17.0 Å². The van der Waals surface area contributed by atoms with E-state index in [1.165, 1.54) is 0 Å². The van der Waals surface area contributed by atoms with Gasteiger partial charge >= 0.3 is 5.97 Å². The Kier molecular flexibility index (Phi) is 5.61. The molecule has 3 rings (SSSR count). The van der Waals surface area contributed by atoms with Crippen LogP contribution in [-0.4, -0.2) is 42.7 Å². The molecule has 1 fully saturated rings. The van der Waals surface area contributed by atoms with E-state index in [4.69, 9.17) is 15.6 Å². The molecule has 1 heterocycles. The molecular weight excluding hydrogens is 346 g/mol. The number of benzene rings is 2. The quantitative estimate of drug-likeness (QED) is 0.721. The highest BCUT2D eigenvalue weighted by Crippen LogP contribution is 2.23. The summed E-state index contributed by atoms with van der Waals surface area (Å²) in [4.78, 5) is 25.3. The predicted octanol–water partition coefficient (Wildman–Crippen LogP) is 2.25. The van der Waals surface area contributed by atoms with E-state index in [9.17, 15) is 9.59 Å². The van der Waals surface area contributed by atoms with E-state index in [0.717, 1.165) is 30.8 Å². The van der Waals surface area contributed by atoms with Crippen LogP contribution in [0.2, 0.25) is 0 Å². The van der Waals surface area contributed by atoms with Gasteiger partial charge < -0.3 is 25.8 Å². The van der Waals surface area contributed by atoms with Crippen molar-refractivity contribution >= 4 is 23.3 Å². The fraction of sp³-hybridized carbons (Fsp3) is 0.300. The number of ether oxygens (including phenoxy) is 1. The summed E-state index contributed by atoms with van der Waals surface area (Å²) in [6, 6.07) is 12.7. The van der Waals surface area contributed by atoms with Gasteiger partial charge in [-0.25, -0.2) is 4.79 Å². The second-order valence-electron chi connectivity index (χ2n) is 6.65. The summed E-state index contributed by atoms with van der Waals surface area (Å²) in [6.45, 7) is 3.19. The lowest BCUT2D eigenvalue weighted by atomic mass is 10.1. The zero-order chi connectivity index (χ0) is 19.4. The molecular formula is C20H23N3O4. The lowest BCUT2D eigenvalue weighted by Crippen LogP contribution is -2.26. The van der Waals surface area contributed by atoms with E-state index in [-0.39, 0.29) is 11.9 Å². The number of anilines is 2. The van der Waals surface area contributed by atoms with Crippen LogP contribution in [0.4, 0.5) is 11.4 Å². The first-order chi connectivity index (χ1) is 12.9. The minimum absolute atomic E-state index is 0.207. The molecule has 0 bridgehead atoms. The largest absolute Gasteiger partial charge is 0.482 e. The molecule has 2 aromatic carbocycles. The number of carboxylic acid groups (broad SMARTS) is 1. The van der Waals surface area contributed by atoms with Gasteiger partial charge in [0, 0.05) is 36.1 Å². The lowest BCUT2D eigenvalue weighted by molar-refractivity contribution is -0.139. The molecule has 0 spiro atoms. The zero-order valence-corrected chi connectivity index (χ0v) is 15.1. The molecule has 27 heavy (non-hydrogen) atoms. The summed E-state index contributed by atoms with van der Waals surface area (Å²) in [5, 5.41) is 11.5. The molecule has 0 unspecified atom stereocenters. The number of carbonyl (C=O) groups is 2. The average molecular weight is 369 g/mol. The number of nitrogens with two attached hydrogens (primary N) is 1. The highest BCUT2D eigenvalue weighted by atomic mass is 16.5. The molecule has 1 saturated heterocycles. The third-order valence-electron chi connectivity index (χ3n) is 4.53. The van der Waals surface area contributed by atoms with Crippen LogP contribution in [0.15, 0.2) is 42.5 Å². The number of nitrogens with zero attached hydrogens (tertiary/aromatic N) is 1. The number of carboxylic acids is 1. The molecule has 0 aromatic heterocycles. The van der Waals surface area contributed by atoms with E-state index < -0.39 is 12.6 Å². The van der Waals surface area contributed by atoms with Gasteiger partial charge in [0.1, 0.15) is 5.75 Å². The number of rotatable bonds is 6. The van der Waals surface area contributed by atoms with Gasteiger partial charge in [-0.05, 0) is 61.4 Å². The van der Waals surface area contributed by atoms with Crippen molar-refractivity contribution in [3.8, 4) is 5.75 Å². The molecule has 7 heteroatoms. The highest BCUT2D eigenvalue weighted by Gasteiger charge is 2.19. The SMILES string of the molecule is Cc1cc(OCC(=O)O)ccc1NC(=O)c1ccc(N2CC[C@@H](N)C2)cc1. The molecule has 142 valence electrons. The Hall–Kier alpha value is -3.06. The number of hydrogen-bond donors (Lipinski definition) is 3. The molecule has 1 amide bonds. The molecule has 0 saturated carbocycles. The topological polar surface area (TPSA) is 105 Å². The van der Waals surface area contributed by atoms with Gasteiger partial charge in [-0.1, -0.05) is 0 Å². The van der Waals surface area contributed by atoms with Crippen LogP contribution in [0.5, 0.6) is 5.75 Å². The van der Waals surface area contributed by atoms with Crippen molar-refractivity contribution in [2.45, 2.75) is 19.4 Å². The molecule has 0 radical (unpaired) electrons. The fourth-order valence-corrected chi connectivity index (χ4v) is 3.05. The first-order valence-corrected chi connectivity index (χ1v) is 8.79. The summed E-state index contributed by atoms with van der Waals surface area (Å²) < 4.78 is 5.14. The number of aryl methyl sites for hydroxylation is 1. The van der Waals surface area contributed by atoms with Crippen molar-refractivity contribution in [3.05, 3.63) is 53.6 Å². The number of carbonyl (C=O) groups excluding carboxylic acids is 1. The maximum atomic E-state index is 12.5. The Morgan fingerprint density at radius 2 is 2.00 bits per heavy atom. The zero-order valence-electron chi connectivity index (χ0n) is 15.1. The van der Waals surface area contributed by atoms with Crippen LogP contribution in [0.25, 0.3) is 0 Å². The van der Waals surface area contributed by atoms with Crippen molar-refractivity contribution in [1.82, 2.24) is 0 Å². The molecule has 0 aliphatic carbocycles. The maximum absolute atomic E-state index is 12.5. The van der Waals surface area contributed by atoms with Crippen molar-refractivity contribution in [1.29, 1.82) is 0 Å². The number of aliphatic carboxylic acids is 1. The Balaban J connectivity index is 1.63. The summed E-state index contributed by atoms with van der Waals surface area (Å²) in [7, 11) is 0. The molecule has 7 nitrogen and oxygen atoms in total. The molecule has 2 aromatic rings. The minimum atomic E-state index is -1.04. The summed E-state index contributed by atoms with van der Waals surface area (Å²) in [5.74, 6) is -0.799. The maximum Gasteiger partial charge on any atom is 0.341 e. The first kappa shape index (κ1) is 18.7. The Morgan fingerprint density at radius 3 is 2.59 bits per heavy atom. The van der Waals surface area contributed by atoms with E-state index in [1.54, 1.807) is 30.3 Å². The van der Waals surface area contributed by atoms with Crippen molar-refractivity contribution in [3.63, 3.8) is 0 Å². The fourth-order valence-electron chi connectivity index (χ4n) is 3.05. The number of amides is 1. The summed E-state index contributed by atoms with van der Waals surface area (Å²) in [5.41, 5.74) is 9.01. The third kappa shape index (κ3) is 4.77. The van der Waals surface area contributed by atoms with E-state index in [2.05, 4.69) is 10.2 Å². The van der Waals surface area contributed by atoms with Gasteiger partial charge in [0.25, 0.3) is 5.91 Å². The van der Waals surface area contributed by atoms with Gasteiger partial charge in [-0.2, -0.15) is 0 Å². The normalized spacial score (nSPS) is 16.2. The summed E-state index contributed by atoms with van der Waals surface area (Å²) >= 11 is 0. The van der Waals surface area contributed by atoms with Crippen LogP contribution < -0.4 is 20.7 Å². The lowest BCUT2D eigenvalue weighted by Gasteiger charge is -2.18. The number of nitrogens with one attached hydrogen (secondary N) is 1. The molecule has 1 atom stereocenters. The standard InChI is InChI=1S/C20H23N3O4/c1-13-10-17(27-12-19(24)25)6-7-18(13)22-20(26)14-2-4-16(5-3-14)23-9-8-15(21)11-23/h2-7,10,15H,8-9,11-12,21H2,1H3,(H,22,26)(H,24,25)/t15-/m1/s1. The van der Waals surface area contributed by atoms with Crippen LogP contribution in [-0.2, 0) is 4.79 Å².